The number of rotatable bonds is 5. The molecule has 0 radical (unpaired) electrons. The van der Waals surface area contributed by atoms with Crippen molar-refractivity contribution in [2.24, 2.45) is 4.99 Å². The molecule has 0 unspecified atom stereocenters. The molecule has 0 amide bonds. The van der Waals surface area contributed by atoms with E-state index in [0.29, 0.717) is 41.6 Å². The third-order valence-electron chi connectivity index (χ3n) is 6.75. The zero-order valence-electron chi connectivity index (χ0n) is 21.3. The number of benzene rings is 3. The summed E-state index contributed by atoms with van der Waals surface area (Å²) in [6.45, 7) is 1.34. The molecule has 0 bridgehead atoms. The van der Waals surface area contributed by atoms with Gasteiger partial charge in [-0.25, -0.2) is 14.4 Å². The highest BCUT2D eigenvalue weighted by molar-refractivity contribution is 5.85. The summed E-state index contributed by atoms with van der Waals surface area (Å²) >= 11 is 0. The summed E-state index contributed by atoms with van der Waals surface area (Å²) in [7, 11) is 1.58. The highest BCUT2D eigenvalue weighted by Crippen LogP contribution is 2.32. The van der Waals surface area contributed by atoms with E-state index in [9.17, 15) is 9.65 Å². The molecule has 6 rings (SSSR count). The molecule has 0 saturated carbocycles. The molecule has 2 aromatic carbocycles. The number of fused-ring (bicyclic) bond motifs is 2. The Morgan fingerprint density at radius 2 is 1.90 bits per heavy atom. The number of nitriles is 1. The van der Waals surface area contributed by atoms with Gasteiger partial charge in [0.15, 0.2) is 0 Å². The van der Waals surface area contributed by atoms with E-state index in [-0.39, 0.29) is 11.9 Å². The smallest absolute Gasteiger partial charge is 0.237 e. The van der Waals surface area contributed by atoms with Gasteiger partial charge in [-0.15, -0.1) is 0 Å². The Hall–Kier alpha value is -4.81. The molecule has 3 heterocycles. The Kier molecular flexibility index (Phi) is 6.61. The zero-order chi connectivity index (χ0) is 26.8. The SMILES string of the molecule is COc1ncccc1Nc1cc2nc3cc(C#N)ccc3n(-c3ccc(F)cc3)c-2cc1=NC1CCOCC1. The first-order valence-electron chi connectivity index (χ1n) is 12.7. The highest BCUT2D eigenvalue weighted by atomic mass is 19.1. The molecule has 194 valence electrons. The molecule has 1 N–H and O–H groups in total. The van der Waals surface area contributed by atoms with Crippen LogP contribution in [0.3, 0.4) is 0 Å². The molecule has 1 aromatic heterocycles. The lowest BCUT2D eigenvalue weighted by Gasteiger charge is -2.22. The van der Waals surface area contributed by atoms with Crippen LogP contribution < -0.4 is 15.4 Å². The van der Waals surface area contributed by atoms with E-state index in [2.05, 4.69) is 16.4 Å². The molecule has 3 aromatic rings. The zero-order valence-corrected chi connectivity index (χ0v) is 21.3. The summed E-state index contributed by atoms with van der Waals surface area (Å²) < 4.78 is 26.9. The van der Waals surface area contributed by atoms with Crippen LogP contribution in [0.15, 0.2) is 77.9 Å². The molecule has 3 aliphatic rings. The monoisotopic (exact) mass is 520 g/mol. The molecule has 0 atom stereocenters. The van der Waals surface area contributed by atoms with Gasteiger partial charge in [-0.3, -0.25) is 4.99 Å². The molecule has 1 saturated heterocycles. The van der Waals surface area contributed by atoms with Crippen LogP contribution in [-0.2, 0) is 4.74 Å². The van der Waals surface area contributed by atoms with Crippen molar-refractivity contribution in [3.63, 3.8) is 0 Å². The van der Waals surface area contributed by atoms with Crippen LogP contribution in [0.25, 0.3) is 28.1 Å². The number of aromatic nitrogens is 3. The van der Waals surface area contributed by atoms with Crippen LogP contribution >= 0.6 is 0 Å². The van der Waals surface area contributed by atoms with Gasteiger partial charge in [0.25, 0.3) is 0 Å². The van der Waals surface area contributed by atoms with Gasteiger partial charge in [-0.05, 0) is 79.6 Å². The normalized spacial score (nSPS) is 14.4. The van der Waals surface area contributed by atoms with Gasteiger partial charge < -0.3 is 19.4 Å². The predicted octanol–water partition coefficient (Wildman–Crippen LogP) is 5.37. The summed E-state index contributed by atoms with van der Waals surface area (Å²) in [5.74, 6) is 0.141. The average Bonchev–Trinajstić information content (AvgIpc) is 2.97. The van der Waals surface area contributed by atoms with Gasteiger partial charge in [0.2, 0.25) is 5.88 Å². The maximum absolute atomic E-state index is 13.9. The summed E-state index contributed by atoms with van der Waals surface area (Å²) in [6, 6.07) is 21.7. The Morgan fingerprint density at radius 1 is 1.08 bits per heavy atom. The minimum absolute atomic E-state index is 0.110. The highest BCUT2D eigenvalue weighted by Gasteiger charge is 2.19. The second kappa shape index (κ2) is 10.5. The van der Waals surface area contributed by atoms with Crippen molar-refractivity contribution >= 4 is 22.4 Å². The molecule has 39 heavy (non-hydrogen) atoms. The minimum atomic E-state index is -0.319. The number of halogens is 1. The number of anilines is 2. The average molecular weight is 521 g/mol. The van der Waals surface area contributed by atoms with Crippen LogP contribution in [0.4, 0.5) is 15.8 Å². The predicted molar refractivity (Wildman–Crippen MR) is 146 cm³/mol. The topological polar surface area (TPSA) is 97.3 Å². The molecule has 0 spiro atoms. The molecular weight excluding hydrogens is 495 g/mol. The van der Waals surface area contributed by atoms with E-state index in [0.717, 1.165) is 40.8 Å². The van der Waals surface area contributed by atoms with E-state index in [1.54, 1.807) is 37.6 Å². The van der Waals surface area contributed by atoms with Crippen LogP contribution in [-0.4, -0.2) is 40.9 Å². The lowest BCUT2D eigenvalue weighted by Crippen LogP contribution is -2.23. The Labute approximate surface area is 224 Å². The molecular formula is C30H25FN6O2. The van der Waals surface area contributed by atoms with E-state index in [4.69, 9.17) is 19.5 Å². The third-order valence-corrected chi connectivity index (χ3v) is 6.75. The van der Waals surface area contributed by atoms with Gasteiger partial charge in [0.1, 0.15) is 11.5 Å². The first kappa shape index (κ1) is 24.5. The number of nitrogens with zero attached hydrogens (tertiary/aromatic N) is 5. The second-order valence-corrected chi connectivity index (χ2v) is 9.25. The van der Waals surface area contributed by atoms with Crippen molar-refractivity contribution in [3.8, 4) is 29.0 Å². The van der Waals surface area contributed by atoms with Gasteiger partial charge in [-0.1, -0.05) is 0 Å². The fraction of sp³-hybridized carbons (Fsp3) is 0.200. The number of nitrogens with one attached hydrogen (secondary N) is 1. The van der Waals surface area contributed by atoms with Gasteiger partial charge in [0, 0.05) is 25.1 Å². The lowest BCUT2D eigenvalue weighted by atomic mass is 10.1. The fourth-order valence-corrected chi connectivity index (χ4v) is 4.85. The number of hydrogen-bond donors (Lipinski definition) is 1. The van der Waals surface area contributed by atoms with Crippen molar-refractivity contribution < 1.29 is 13.9 Å². The second-order valence-electron chi connectivity index (χ2n) is 9.25. The molecule has 1 fully saturated rings. The fourth-order valence-electron chi connectivity index (χ4n) is 4.85. The van der Waals surface area contributed by atoms with Crippen LogP contribution in [0.2, 0.25) is 0 Å². The maximum Gasteiger partial charge on any atom is 0.237 e. The summed E-state index contributed by atoms with van der Waals surface area (Å²) in [5, 5.41) is 13.7. The van der Waals surface area contributed by atoms with Crippen molar-refractivity contribution in [3.05, 3.63) is 89.7 Å². The number of ether oxygens (including phenoxy) is 2. The number of methoxy groups -OCH3 is 1. The van der Waals surface area contributed by atoms with Gasteiger partial charge >= 0.3 is 0 Å². The van der Waals surface area contributed by atoms with Gasteiger partial charge in [-0.2, -0.15) is 5.26 Å². The Balaban J connectivity index is 1.64. The van der Waals surface area contributed by atoms with Crippen LogP contribution in [0.1, 0.15) is 18.4 Å². The van der Waals surface area contributed by atoms with Crippen LogP contribution in [0, 0.1) is 17.1 Å². The van der Waals surface area contributed by atoms with Crippen LogP contribution in [0.5, 0.6) is 5.88 Å². The Bertz CT molecular complexity index is 1740. The summed E-state index contributed by atoms with van der Waals surface area (Å²) in [5.41, 5.74) is 5.63. The standard InChI is InChI=1S/C30H25FN6O2/c1-38-30-23(3-2-12-33-30)35-24-16-27-29(17-25(24)34-21-10-13-39-14-11-21)37(22-7-5-20(31)6-8-22)28-9-4-19(18-32)15-26(28)36-27/h2-9,12,15-17,21,35H,10-11,13-14H2,1H3. The van der Waals surface area contributed by atoms with Crippen molar-refractivity contribution in [1.82, 2.24) is 14.5 Å². The van der Waals surface area contributed by atoms with Crippen molar-refractivity contribution in [2.45, 2.75) is 18.9 Å². The quantitative estimate of drug-likeness (QED) is 0.313. The molecule has 1 aliphatic carbocycles. The third kappa shape index (κ3) is 4.90. The maximum atomic E-state index is 13.9. The number of hydrogen-bond acceptors (Lipinski definition) is 7. The van der Waals surface area contributed by atoms with E-state index in [1.807, 2.05) is 34.9 Å². The first-order chi connectivity index (χ1) is 19.1. The molecule has 2 aliphatic heterocycles. The number of pyridine rings is 1. The van der Waals surface area contributed by atoms with Crippen molar-refractivity contribution in [2.75, 3.05) is 25.6 Å². The molecule has 9 heteroatoms. The minimum Gasteiger partial charge on any atom is -0.480 e. The van der Waals surface area contributed by atoms with E-state index >= 15 is 0 Å². The first-order valence-corrected chi connectivity index (χ1v) is 12.7. The lowest BCUT2D eigenvalue weighted by molar-refractivity contribution is 0.0864. The Morgan fingerprint density at radius 3 is 2.67 bits per heavy atom. The van der Waals surface area contributed by atoms with E-state index in [1.165, 1.54) is 12.1 Å². The summed E-state index contributed by atoms with van der Waals surface area (Å²) in [4.78, 5) is 14.4. The van der Waals surface area contributed by atoms with E-state index < -0.39 is 0 Å². The molecule has 8 nitrogen and oxygen atoms in total. The van der Waals surface area contributed by atoms with Crippen molar-refractivity contribution in [1.29, 1.82) is 5.26 Å². The summed E-state index contributed by atoms with van der Waals surface area (Å²) in [6.07, 6.45) is 3.33. The largest absolute Gasteiger partial charge is 0.480 e. The van der Waals surface area contributed by atoms with Gasteiger partial charge in [0.05, 0.1) is 58.3 Å².